The molecule has 0 aliphatic carbocycles. The minimum atomic E-state index is -4.49. The molecule has 8 heteroatoms. The highest BCUT2D eigenvalue weighted by molar-refractivity contribution is 6.02. The molecule has 0 saturated carbocycles. The Morgan fingerprint density at radius 2 is 1.92 bits per heavy atom. The van der Waals surface area contributed by atoms with Crippen LogP contribution in [0.4, 0.5) is 13.2 Å². The number of amides is 2. The fraction of sp³-hybridized carbons (Fsp3) is 0.389. The molecule has 0 N–H and O–H groups in total. The van der Waals surface area contributed by atoms with E-state index < -0.39 is 18.6 Å². The van der Waals surface area contributed by atoms with Crippen molar-refractivity contribution in [1.82, 2.24) is 9.91 Å². The molecule has 0 atom stereocenters. The minimum absolute atomic E-state index is 0.185. The van der Waals surface area contributed by atoms with Gasteiger partial charge in [-0.3, -0.25) is 9.59 Å². The summed E-state index contributed by atoms with van der Waals surface area (Å²) < 4.78 is 37.6. The lowest BCUT2D eigenvalue weighted by atomic mass is 10.1. The third-order valence-electron chi connectivity index (χ3n) is 3.82. The highest BCUT2D eigenvalue weighted by Gasteiger charge is 2.32. The molecule has 26 heavy (non-hydrogen) atoms. The molecule has 0 aromatic heterocycles. The van der Waals surface area contributed by atoms with Crippen LogP contribution in [-0.4, -0.2) is 53.2 Å². The Hall–Kier alpha value is -2.64. The summed E-state index contributed by atoms with van der Waals surface area (Å²) in [5, 5.41) is 5.53. The van der Waals surface area contributed by atoms with E-state index >= 15 is 0 Å². The summed E-state index contributed by atoms with van der Waals surface area (Å²) in [4.78, 5) is 24.8. The van der Waals surface area contributed by atoms with E-state index in [9.17, 15) is 22.8 Å². The molecule has 1 aliphatic rings. The first-order chi connectivity index (χ1) is 12.3. The largest absolute Gasteiger partial charge is 0.406 e. The molecule has 2 amide bonds. The summed E-state index contributed by atoms with van der Waals surface area (Å²) in [5.74, 6) is -1.11. The molecule has 1 aromatic carbocycles. The zero-order valence-electron chi connectivity index (χ0n) is 14.2. The Morgan fingerprint density at radius 1 is 1.23 bits per heavy atom. The van der Waals surface area contributed by atoms with Gasteiger partial charge in [-0.15, -0.1) is 6.58 Å². The van der Waals surface area contributed by atoms with Crippen molar-refractivity contribution < 1.29 is 22.8 Å². The Balaban J connectivity index is 1.90. The van der Waals surface area contributed by atoms with Crippen LogP contribution >= 0.6 is 0 Å². The molecule has 1 heterocycles. The molecule has 1 aliphatic heterocycles. The maximum atomic E-state index is 12.5. The number of halogens is 3. The number of benzene rings is 1. The molecule has 0 bridgehead atoms. The summed E-state index contributed by atoms with van der Waals surface area (Å²) >= 11 is 0. The molecule has 0 radical (unpaired) electrons. The second kappa shape index (κ2) is 8.64. The van der Waals surface area contributed by atoms with Crippen LogP contribution in [0.5, 0.6) is 0 Å². The predicted octanol–water partition coefficient (Wildman–Crippen LogP) is 2.98. The van der Waals surface area contributed by atoms with Crippen LogP contribution < -0.4 is 0 Å². The quantitative estimate of drug-likeness (QED) is 0.696. The van der Waals surface area contributed by atoms with Crippen LogP contribution in [0.15, 0.2) is 48.1 Å². The lowest BCUT2D eigenvalue weighted by Gasteiger charge is -2.22. The van der Waals surface area contributed by atoms with Gasteiger partial charge in [-0.1, -0.05) is 36.4 Å². The van der Waals surface area contributed by atoms with Crippen molar-refractivity contribution in [2.24, 2.45) is 5.10 Å². The van der Waals surface area contributed by atoms with Crippen LogP contribution in [0.2, 0.25) is 0 Å². The van der Waals surface area contributed by atoms with Crippen LogP contribution in [0, 0.1) is 0 Å². The van der Waals surface area contributed by atoms with E-state index in [0.29, 0.717) is 17.9 Å². The van der Waals surface area contributed by atoms with Gasteiger partial charge in [0.15, 0.2) is 0 Å². The molecule has 5 nitrogen and oxygen atoms in total. The van der Waals surface area contributed by atoms with Gasteiger partial charge < -0.3 is 4.90 Å². The Bertz CT molecular complexity index is 687. The van der Waals surface area contributed by atoms with E-state index in [1.54, 1.807) is 0 Å². The first-order valence-electron chi connectivity index (χ1n) is 8.19. The average Bonchev–Trinajstić information content (AvgIpc) is 3.09. The lowest BCUT2D eigenvalue weighted by Crippen LogP contribution is -2.39. The van der Waals surface area contributed by atoms with Gasteiger partial charge >= 0.3 is 6.18 Å². The van der Waals surface area contributed by atoms with Crippen molar-refractivity contribution in [3.05, 3.63) is 48.6 Å². The van der Waals surface area contributed by atoms with Crippen LogP contribution in [0.1, 0.15) is 24.8 Å². The van der Waals surface area contributed by atoms with Gasteiger partial charge in [0.05, 0.1) is 12.3 Å². The van der Waals surface area contributed by atoms with E-state index in [-0.39, 0.29) is 25.3 Å². The number of hydrazone groups is 1. The van der Waals surface area contributed by atoms with E-state index in [2.05, 4.69) is 11.7 Å². The Labute approximate surface area is 149 Å². The molecular weight excluding hydrogens is 347 g/mol. The second-order valence-electron chi connectivity index (χ2n) is 5.86. The number of alkyl halides is 3. The summed E-state index contributed by atoms with van der Waals surface area (Å²) in [5.41, 5.74) is 1.69. The highest BCUT2D eigenvalue weighted by atomic mass is 19.4. The fourth-order valence-corrected chi connectivity index (χ4v) is 2.60. The summed E-state index contributed by atoms with van der Waals surface area (Å²) in [6, 6.07) is 9.40. The predicted molar refractivity (Wildman–Crippen MR) is 91.4 cm³/mol. The third-order valence-corrected chi connectivity index (χ3v) is 3.82. The van der Waals surface area contributed by atoms with Crippen molar-refractivity contribution >= 4 is 17.5 Å². The first-order valence-corrected chi connectivity index (χ1v) is 8.19. The number of nitrogens with zero attached hydrogens (tertiary/aromatic N) is 3. The maximum absolute atomic E-state index is 12.5. The van der Waals surface area contributed by atoms with Gasteiger partial charge in [-0.2, -0.15) is 18.3 Å². The molecule has 140 valence electrons. The Kier molecular flexibility index (Phi) is 6.54. The van der Waals surface area contributed by atoms with Crippen LogP contribution in [0.3, 0.4) is 0 Å². The highest BCUT2D eigenvalue weighted by Crippen LogP contribution is 2.18. The van der Waals surface area contributed by atoms with Crippen LogP contribution in [-0.2, 0) is 9.59 Å². The number of carbonyl (C=O) groups is 2. The maximum Gasteiger partial charge on any atom is 0.406 e. The smallest absolute Gasteiger partial charge is 0.330 e. The molecule has 0 unspecified atom stereocenters. The Morgan fingerprint density at radius 3 is 2.54 bits per heavy atom. The average molecular weight is 367 g/mol. The SMILES string of the molecule is C=CCN(CC(F)(F)F)C(=O)CCC(=O)N1CCC(c2ccccc2)=N1. The summed E-state index contributed by atoms with van der Waals surface area (Å²) in [6.07, 6.45) is -3.15. The van der Waals surface area contributed by atoms with Crippen molar-refractivity contribution in [1.29, 1.82) is 0 Å². The van der Waals surface area contributed by atoms with Crippen molar-refractivity contribution in [3.8, 4) is 0 Å². The number of carbonyl (C=O) groups excluding carboxylic acids is 2. The number of hydrogen-bond donors (Lipinski definition) is 0. The van der Waals surface area contributed by atoms with E-state index in [4.69, 9.17) is 0 Å². The molecule has 1 aromatic rings. The molecule has 2 rings (SSSR count). The van der Waals surface area contributed by atoms with E-state index in [1.807, 2.05) is 30.3 Å². The second-order valence-corrected chi connectivity index (χ2v) is 5.86. The standard InChI is InChI=1S/C18H20F3N3O2/c1-2-11-23(13-18(19,20)21)16(25)8-9-17(26)24-12-10-15(22-24)14-6-4-3-5-7-14/h2-7H,1,8-13H2. The van der Waals surface area contributed by atoms with Gasteiger partial charge in [0.25, 0.3) is 0 Å². The van der Waals surface area contributed by atoms with E-state index in [1.165, 1.54) is 11.1 Å². The number of hydrogen-bond acceptors (Lipinski definition) is 3. The first kappa shape index (κ1) is 19.7. The molecule has 0 fully saturated rings. The van der Waals surface area contributed by atoms with Crippen molar-refractivity contribution in [2.45, 2.75) is 25.4 Å². The normalized spacial score (nSPS) is 14.1. The van der Waals surface area contributed by atoms with Gasteiger partial charge in [0, 0.05) is 25.8 Å². The van der Waals surface area contributed by atoms with Gasteiger partial charge in [0.1, 0.15) is 6.54 Å². The zero-order chi connectivity index (χ0) is 19.2. The van der Waals surface area contributed by atoms with E-state index in [0.717, 1.165) is 11.3 Å². The number of rotatable bonds is 7. The van der Waals surface area contributed by atoms with Gasteiger partial charge in [0.2, 0.25) is 11.8 Å². The third kappa shape index (κ3) is 5.72. The van der Waals surface area contributed by atoms with Crippen molar-refractivity contribution in [3.63, 3.8) is 0 Å². The monoisotopic (exact) mass is 367 g/mol. The van der Waals surface area contributed by atoms with Gasteiger partial charge in [-0.05, 0) is 5.56 Å². The fourth-order valence-electron chi connectivity index (χ4n) is 2.60. The molecule has 0 spiro atoms. The van der Waals surface area contributed by atoms with Crippen LogP contribution in [0.25, 0.3) is 0 Å². The van der Waals surface area contributed by atoms with Gasteiger partial charge in [-0.25, -0.2) is 5.01 Å². The summed E-state index contributed by atoms with van der Waals surface area (Å²) in [6.45, 7) is 2.18. The minimum Gasteiger partial charge on any atom is -0.330 e. The topological polar surface area (TPSA) is 53.0 Å². The van der Waals surface area contributed by atoms with Crippen molar-refractivity contribution in [2.75, 3.05) is 19.6 Å². The summed E-state index contributed by atoms with van der Waals surface area (Å²) in [7, 11) is 0. The molecular formula is C18H20F3N3O2. The molecule has 0 saturated heterocycles. The lowest BCUT2D eigenvalue weighted by molar-refractivity contribution is -0.160. The zero-order valence-corrected chi connectivity index (χ0v) is 14.2.